The van der Waals surface area contributed by atoms with Crippen LogP contribution in [0.3, 0.4) is 0 Å². The van der Waals surface area contributed by atoms with Crippen LogP contribution in [0.2, 0.25) is 0 Å². The molecule has 0 saturated carbocycles. The number of anilines is 1. The first-order valence-corrected chi connectivity index (χ1v) is 6.95. The monoisotopic (exact) mass is 268 g/mol. The maximum Gasteiger partial charge on any atom is 0.326 e. The molecule has 6 heteroatoms. The van der Waals surface area contributed by atoms with Gasteiger partial charge in [-0.3, -0.25) is 0 Å². The molecule has 2 rings (SSSR count). The van der Waals surface area contributed by atoms with Crippen LogP contribution in [-0.4, -0.2) is 34.6 Å². The lowest BCUT2D eigenvalue weighted by molar-refractivity contribution is -0.142. The highest BCUT2D eigenvalue weighted by Gasteiger charge is 2.30. The highest BCUT2D eigenvalue weighted by atomic mass is 32.1. The fraction of sp³-hybridized carbons (Fsp3) is 0.500. The van der Waals surface area contributed by atoms with Crippen LogP contribution in [-0.2, 0) is 4.79 Å². The van der Waals surface area contributed by atoms with E-state index in [2.05, 4.69) is 5.32 Å². The molecule has 2 N–H and O–H groups in total. The van der Waals surface area contributed by atoms with E-state index in [1.165, 1.54) is 16.2 Å². The van der Waals surface area contributed by atoms with E-state index in [9.17, 15) is 14.7 Å². The number of hydrogen-bond donors (Lipinski definition) is 2. The lowest BCUT2D eigenvalue weighted by Gasteiger charge is -2.26. The molecule has 1 aliphatic heterocycles. The smallest absolute Gasteiger partial charge is 0.326 e. The molecule has 18 heavy (non-hydrogen) atoms. The highest BCUT2D eigenvalue weighted by molar-refractivity contribution is 7.08. The van der Waals surface area contributed by atoms with E-state index in [1.807, 2.05) is 10.8 Å². The molecular formula is C12H16N2O3S. The predicted octanol–water partition coefficient (Wildman–Crippen LogP) is 2.61. The van der Waals surface area contributed by atoms with Gasteiger partial charge in [0.2, 0.25) is 0 Å². The van der Waals surface area contributed by atoms with Gasteiger partial charge in [-0.2, -0.15) is 11.3 Å². The number of rotatable bonds is 2. The number of carbonyl (C=O) groups excluding carboxylic acids is 1. The second-order valence-corrected chi connectivity index (χ2v) is 5.12. The standard InChI is InChI=1S/C12H16N2O3S/c15-11(16)10-4-2-1-3-6-14(10)12(17)13-9-5-7-18-8-9/h5,7-8,10H,1-4,6H2,(H,13,17)(H,15,16). The third kappa shape index (κ3) is 3.01. The van der Waals surface area contributed by atoms with Crippen molar-refractivity contribution in [2.45, 2.75) is 31.7 Å². The normalized spacial score (nSPS) is 20.2. The first-order chi connectivity index (χ1) is 8.68. The van der Waals surface area contributed by atoms with Gasteiger partial charge in [0.15, 0.2) is 0 Å². The number of nitrogens with zero attached hydrogens (tertiary/aromatic N) is 1. The Morgan fingerprint density at radius 1 is 1.39 bits per heavy atom. The SMILES string of the molecule is O=C(O)C1CCCCCN1C(=O)Nc1ccsc1. The van der Waals surface area contributed by atoms with Crippen LogP contribution in [0.4, 0.5) is 10.5 Å². The molecule has 0 aliphatic carbocycles. The fourth-order valence-electron chi connectivity index (χ4n) is 2.14. The van der Waals surface area contributed by atoms with E-state index in [4.69, 9.17) is 0 Å². The molecule has 0 spiro atoms. The molecule has 1 unspecified atom stereocenters. The summed E-state index contributed by atoms with van der Waals surface area (Å²) in [6, 6.07) is 0.782. The van der Waals surface area contributed by atoms with Crippen LogP contribution in [0.1, 0.15) is 25.7 Å². The maximum absolute atomic E-state index is 12.1. The van der Waals surface area contributed by atoms with Gasteiger partial charge in [0.25, 0.3) is 0 Å². The third-order valence-corrected chi connectivity index (χ3v) is 3.75. The summed E-state index contributed by atoms with van der Waals surface area (Å²) in [6.45, 7) is 0.507. The number of urea groups is 1. The Hall–Kier alpha value is -1.56. The zero-order valence-corrected chi connectivity index (χ0v) is 10.8. The molecule has 0 radical (unpaired) electrons. The van der Waals surface area contributed by atoms with Gasteiger partial charge in [0, 0.05) is 11.9 Å². The lowest BCUT2D eigenvalue weighted by Crippen LogP contribution is -2.46. The molecule has 1 aliphatic rings. The molecule has 0 bridgehead atoms. The summed E-state index contributed by atoms with van der Waals surface area (Å²) < 4.78 is 0. The van der Waals surface area contributed by atoms with Crippen LogP contribution in [0.25, 0.3) is 0 Å². The minimum absolute atomic E-state index is 0.317. The van der Waals surface area contributed by atoms with Crippen molar-refractivity contribution in [2.75, 3.05) is 11.9 Å². The van der Waals surface area contributed by atoms with Crippen LogP contribution in [0.15, 0.2) is 16.8 Å². The van der Waals surface area contributed by atoms with Crippen LogP contribution in [0, 0.1) is 0 Å². The molecule has 5 nitrogen and oxygen atoms in total. The Bertz CT molecular complexity index is 419. The van der Waals surface area contributed by atoms with Crippen molar-refractivity contribution in [3.05, 3.63) is 16.8 Å². The van der Waals surface area contributed by atoms with E-state index < -0.39 is 12.0 Å². The summed E-state index contributed by atoms with van der Waals surface area (Å²) >= 11 is 1.49. The van der Waals surface area contributed by atoms with Crippen molar-refractivity contribution < 1.29 is 14.7 Å². The average Bonchev–Trinajstić information content (AvgIpc) is 2.70. The van der Waals surface area contributed by atoms with Crippen LogP contribution in [0.5, 0.6) is 0 Å². The van der Waals surface area contributed by atoms with Gasteiger partial charge in [-0.1, -0.05) is 12.8 Å². The van der Waals surface area contributed by atoms with Crippen molar-refractivity contribution in [2.24, 2.45) is 0 Å². The van der Waals surface area contributed by atoms with Gasteiger partial charge in [-0.15, -0.1) is 0 Å². The molecule has 1 fully saturated rings. The quantitative estimate of drug-likeness (QED) is 0.866. The number of nitrogens with one attached hydrogen (secondary N) is 1. The first kappa shape index (κ1) is 12.9. The van der Waals surface area contributed by atoms with Crippen molar-refractivity contribution in [3.63, 3.8) is 0 Å². The minimum Gasteiger partial charge on any atom is -0.480 e. The molecule has 1 saturated heterocycles. The first-order valence-electron chi connectivity index (χ1n) is 6.01. The molecule has 1 atom stereocenters. The number of likely N-dealkylation sites (tertiary alicyclic amines) is 1. The summed E-state index contributed by atoms with van der Waals surface area (Å²) in [4.78, 5) is 24.7. The van der Waals surface area contributed by atoms with Gasteiger partial charge in [0.05, 0.1) is 5.69 Å². The Labute approximate surface area is 109 Å². The minimum atomic E-state index is -0.919. The maximum atomic E-state index is 12.1. The molecule has 2 heterocycles. The Kier molecular flexibility index (Phi) is 4.19. The van der Waals surface area contributed by atoms with Crippen LogP contribution < -0.4 is 5.32 Å². The molecular weight excluding hydrogens is 252 g/mol. The average molecular weight is 268 g/mol. The van der Waals surface area contributed by atoms with Gasteiger partial charge in [0.1, 0.15) is 6.04 Å². The molecule has 0 aromatic carbocycles. The number of carboxylic acids is 1. The second-order valence-electron chi connectivity index (χ2n) is 4.34. The topological polar surface area (TPSA) is 69.6 Å². The van der Waals surface area contributed by atoms with Crippen molar-refractivity contribution in [1.29, 1.82) is 0 Å². The number of thiophene rings is 1. The summed E-state index contributed by atoms with van der Waals surface area (Å²) in [5.74, 6) is -0.919. The lowest BCUT2D eigenvalue weighted by atomic mass is 10.1. The van der Waals surface area contributed by atoms with Crippen molar-refractivity contribution in [1.82, 2.24) is 4.90 Å². The molecule has 98 valence electrons. The van der Waals surface area contributed by atoms with Crippen LogP contribution >= 0.6 is 11.3 Å². The Morgan fingerprint density at radius 2 is 2.22 bits per heavy atom. The summed E-state index contributed by atoms with van der Waals surface area (Å²) in [5, 5.41) is 15.6. The Morgan fingerprint density at radius 3 is 2.89 bits per heavy atom. The molecule has 1 aromatic heterocycles. The van der Waals surface area contributed by atoms with E-state index in [-0.39, 0.29) is 6.03 Å². The van der Waals surface area contributed by atoms with E-state index in [0.29, 0.717) is 13.0 Å². The molecule has 2 amide bonds. The summed E-state index contributed by atoms with van der Waals surface area (Å²) in [5.41, 5.74) is 0.721. The number of carbonyl (C=O) groups is 2. The van der Waals surface area contributed by atoms with Gasteiger partial charge in [-0.05, 0) is 24.3 Å². The van der Waals surface area contributed by atoms with Gasteiger partial charge in [-0.25, -0.2) is 9.59 Å². The van der Waals surface area contributed by atoms with E-state index >= 15 is 0 Å². The summed E-state index contributed by atoms with van der Waals surface area (Å²) in [7, 11) is 0. The number of carboxylic acid groups (broad SMARTS) is 1. The zero-order valence-electron chi connectivity index (χ0n) is 9.96. The molecule has 1 aromatic rings. The van der Waals surface area contributed by atoms with E-state index in [1.54, 1.807) is 6.07 Å². The van der Waals surface area contributed by atoms with Crippen molar-refractivity contribution >= 4 is 29.0 Å². The predicted molar refractivity (Wildman–Crippen MR) is 69.9 cm³/mol. The van der Waals surface area contributed by atoms with E-state index in [0.717, 1.165) is 24.9 Å². The van der Waals surface area contributed by atoms with Gasteiger partial charge < -0.3 is 15.3 Å². The number of hydrogen-bond acceptors (Lipinski definition) is 3. The Balaban J connectivity index is 2.07. The summed E-state index contributed by atoms with van der Waals surface area (Å²) in [6.07, 6.45) is 3.23. The largest absolute Gasteiger partial charge is 0.480 e. The fourth-order valence-corrected chi connectivity index (χ4v) is 2.73. The highest BCUT2D eigenvalue weighted by Crippen LogP contribution is 2.19. The second kappa shape index (κ2) is 5.86. The van der Waals surface area contributed by atoms with Gasteiger partial charge >= 0.3 is 12.0 Å². The van der Waals surface area contributed by atoms with Crippen molar-refractivity contribution in [3.8, 4) is 0 Å². The number of aliphatic carboxylic acids is 1. The third-order valence-electron chi connectivity index (χ3n) is 3.07. The number of amides is 2. The zero-order chi connectivity index (χ0) is 13.0.